The molecule has 1 fully saturated rings. The minimum Gasteiger partial charge on any atom is -0.387 e. The number of anilines is 1. The average Bonchev–Trinajstić information content (AvgIpc) is 2.78. The number of pyridine rings is 1. The first kappa shape index (κ1) is 21.9. The first-order valence-corrected chi connectivity index (χ1v) is 10.3. The summed E-state index contributed by atoms with van der Waals surface area (Å²) in [5.41, 5.74) is 0.666. The zero-order valence-corrected chi connectivity index (χ0v) is 17.4. The summed E-state index contributed by atoms with van der Waals surface area (Å²) in [5, 5.41) is 15.9. The molecule has 30 heavy (non-hydrogen) atoms. The molecule has 2 heterocycles. The van der Waals surface area contributed by atoms with Gasteiger partial charge in [-0.1, -0.05) is 29.8 Å². The van der Waals surface area contributed by atoms with Crippen LogP contribution in [0.25, 0.3) is 0 Å². The summed E-state index contributed by atoms with van der Waals surface area (Å²) < 4.78 is 0. The Morgan fingerprint density at radius 2 is 1.80 bits per heavy atom. The number of hydrogen-bond donors (Lipinski definition) is 3. The Hall–Kier alpha value is -2.84. The molecule has 160 valence electrons. The van der Waals surface area contributed by atoms with Crippen LogP contribution < -0.4 is 15.5 Å². The van der Waals surface area contributed by atoms with Crippen molar-refractivity contribution in [2.45, 2.75) is 12.5 Å². The lowest BCUT2D eigenvalue weighted by Gasteiger charge is -2.35. The minimum atomic E-state index is -0.829. The van der Waals surface area contributed by atoms with E-state index in [1.165, 1.54) is 0 Å². The number of hydrogen-bond acceptors (Lipinski definition) is 5. The summed E-state index contributed by atoms with van der Waals surface area (Å²) >= 11 is 5.82. The van der Waals surface area contributed by atoms with Crippen molar-refractivity contribution in [2.75, 3.05) is 44.2 Å². The van der Waals surface area contributed by atoms with E-state index in [4.69, 9.17) is 11.6 Å². The maximum Gasteiger partial charge on any atom is 0.314 e. The third-order valence-corrected chi connectivity index (χ3v) is 5.19. The normalized spacial score (nSPS) is 14.9. The molecule has 1 aromatic carbocycles. The van der Waals surface area contributed by atoms with Gasteiger partial charge in [0.1, 0.15) is 5.82 Å². The van der Waals surface area contributed by atoms with Crippen LogP contribution in [0.5, 0.6) is 0 Å². The second-order valence-electron chi connectivity index (χ2n) is 7.01. The first-order valence-electron chi connectivity index (χ1n) is 9.92. The molecule has 1 saturated heterocycles. The van der Waals surface area contributed by atoms with Crippen molar-refractivity contribution in [3.05, 3.63) is 59.2 Å². The molecular weight excluding hydrogens is 406 g/mol. The number of piperazine rings is 1. The molecule has 2 aromatic rings. The lowest BCUT2D eigenvalue weighted by molar-refractivity contribution is -0.131. The smallest absolute Gasteiger partial charge is 0.314 e. The summed E-state index contributed by atoms with van der Waals surface area (Å²) in [6.45, 7) is 3.04. The standard InChI is InChI=1S/C21H26ClN5O3/c22-17-6-4-16(5-7-17)18(28)15-25-21(30)24-10-8-20(29)27-13-11-26(12-14-27)19-3-1-2-9-23-19/h1-7,9,18,28H,8,10-15H2,(H2,24,25,30)/t18-/m0/s1. The molecule has 1 aliphatic heterocycles. The number of aliphatic hydroxyl groups is 1. The van der Waals surface area contributed by atoms with Crippen molar-refractivity contribution in [3.8, 4) is 0 Å². The molecule has 0 unspecified atom stereocenters. The van der Waals surface area contributed by atoms with Crippen molar-refractivity contribution in [2.24, 2.45) is 0 Å². The predicted octanol–water partition coefficient (Wildman–Crippen LogP) is 1.81. The van der Waals surface area contributed by atoms with Gasteiger partial charge in [0.25, 0.3) is 0 Å². The maximum atomic E-state index is 12.4. The SMILES string of the molecule is O=C(NCCC(=O)N1CCN(c2ccccn2)CC1)NC[C@H](O)c1ccc(Cl)cc1. The number of aromatic nitrogens is 1. The molecule has 3 amide bonds. The van der Waals surface area contributed by atoms with Gasteiger partial charge in [0.15, 0.2) is 0 Å². The molecule has 3 rings (SSSR count). The van der Waals surface area contributed by atoms with Crippen LogP contribution in [0.2, 0.25) is 5.02 Å². The van der Waals surface area contributed by atoms with Gasteiger partial charge in [-0.15, -0.1) is 0 Å². The number of nitrogens with zero attached hydrogens (tertiary/aromatic N) is 3. The van der Waals surface area contributed by atoms with E-state index >= 15 is 0 Å². The van der Waals surface area contributed by atoms with Crippen molar-refractivity contribution >= 4 is 29.4 Å². The minimum absolute atomic E-state index is 0.0113. The third-order valence-electron chi connectivity index (χ3n) is 4.94. The number of nitrogens with one attached hydrogen (secondary N) is 2. The molecule has 0 aliphatic carbocycles. The summed E-state index contributed by atoms with van der Waals surface area (Å²) in [5.74, 6) is 0.931. The fourth-order valence-corrected chi connectivity index (χ4v) is 3.35. The van der Waals surface area contributed by atoms with Crippen molar-refractivity contribution in [1.82, 2.24) is 20.5 Å². The molecule has 9 heteroatoms. The highest BCUT2D eigenvalue weighted by molar-refractivity contribution is 6.30. The van der Waals surface area contributed by atoms with Gasteiger partial charge in [-0.3, -0.25) is 4.79 Å². The Morgan fingerprint density at radius 3 is 2.47 bits per heavy atom. The quantitative estimate of drug-likeness (QED) is 0.621. The van der Waals surface area contributed by atoms with E-state index in [1.807, 2.05) is 23.1 Å². The number of urea groups is 1. The Morgan fingerprint density at radius 1 is 1.07 bits per heavy atom. The van der Waals surface area contributed by atoms with Crippen LogP contribution in [0.4, 0.5) is 10.6 Å². The van der Waals surface area contributed by atoms with Crippen LogP contribution in [-0.2, 0) is 4.79 Å². The van der Waals surface area contributed by atoms with Gasteiger partial charge in [-0.2, -0.15) is 0 Å². The van der Waals surface area contributed by atoms with Crippen LogP contribution in [0.15, 0.2) is 48.7 Å². The van der Waals surface area contributed by atoms with E-state index in [9.17, 15) is 14.7 Å². The number of aliphatic hydroxyl groups excluding tert-OH is 1. The van der Waals surface area contributed by atoms with Crippen LogP contribution in [-0.4, -0.2) is 66.2 Å². The van der Waals surface area contributed by atoms with Gasteiger partial charge in [0.05, 0.1) is 6.10 Å². The van der Waals surface area contributed by atoms with E-state index in [2.05, 4.69) is 20.5 Å². The predicted molar refractivity (Wildman–Crippen MR) is 115 cm³/mol. The molecular formula is C21H26ClN5O3. The Labute approximate surface area is 180 Å². The average molecular weight is 432 g/mol. The second-order valence-corrected chi connectivity index (χ2v) is 7.45. The van der Waals surface area contributed by atoms with Gasteiger partial charge >= 0.3 is 6.03 Å². The second kappa shape index (κ2) is 10.8. The van der Waals surface area contributed by atoms with Crippen LogP contribution in [0, 0.1) is 0 Å². The van der Waals surface area contributed by atoms with E-state index in [-0.39, 0.29) is 25.4 Å². The monoisotopic (exact) mass is 431 g/mol. The van der Waals surface area contributed by atoms with E-state index in [0.29, 0.717) is 23.7 Å². The molecule has 1 atom stereocenters. The highest BCUT2D eigenvalue weighted by Crippen LogP contribution is 2.16. The summed E-state index contributed by atoms with van der Waals surface area (Å²) in [4.78, 5) is 32.6. The molecule has 0 saturated carbocycles. The third kappa shape index (κ3) is 6.33. The van der Waals surface area contributed by atoms with Gasteiger partial charge in [0.2, 0.25) is 5.91 Å². The van der Waals surface area contributed by atoms with Crippen LogP contribution >= 0.6 is 11.6 Å². The fourth-order valence-electron chi connectivity index (χ4n) is 3.22. The largest absolute Gasteiger partial charge is 0.387 e. The van der Waals surface area contributed by atoms with Gasteiger partial charge < -0.3 is 25.5 Å². The van der Waals surface area contributed by atoms with E-state index in [0.717, 1.165) is 18.9 Å². The Bertz CT molecular complexity index is 826. The van der Waals surface area contributed by atoms with Gasteiger partial charge in [-0.25, -0.2) is 9.78 Å². The number of halogens is 1. The summed E-state index contributed by atoms with van der Waals surface area (Å²) in [7, 11) is 0. The molecule has 3 N–H and O–H groups in total. The molecule has 1 aliphatic rings. The Balaban J connectivity index is 1.31. The fraction of sp³-hybridized carbons (Fsp3) is 0.381. The number of benzene rings is 1. The number of amides is 3. The summed E-state index contributed by atoms with van der Waals surface area (Å²) in [6.07, 6.45) is 1.17. The lowest BCUT2D eigenvalue weighted by atomic mass is 10.1. The number of rotatable bonds is 7. The zero-order valence-electron chi connectivity index (χ0n) is 16.6. The maximum absolute atomic E-state index is 12.4. The molecule has 0 bridgehead atoms. The molecule has 8 nitrogen and oxygen atoms in total. The number of carbonyl (C=O) groups is 2. The van der Waals surface area contributed by atoms with Crippen molar-refractivity contribution in [1.29, 1.82) is 0 Å². The molecule has 1 aromatic heterocycles. The van der Waals surface area contributed by atoms with Crippen molar-refractivity contribution in [3.63, 3.8) is 0 Å². The van der Waals surface area contributed by atoms with E-state index in [1.54, 1.807) is 30.5 Å². The molecule has 0 spiro atoms. The molecule has 0 radical (unpaired) electrons. The highest BCUT2D eigenvalue weighted by Gasteiger charge is 2.21. The van der Waals surface area contributed by atoms with Crippen LogP contribution in [0.1, 0.15) is 18.1 Å². The number of carbonyl (C=O) groups excluding carboxylic acids is 2. The topological polar surface area (TPSA) is 97.8 Å². The lowest BCUT2D eigenvalue weighted by Crippen LogP contribution is -2.49. The highest BCUT2D eigenvalue weighted by atomic mass is 35.5. The Kier molecular flexibility index (Phi) is 7.87. The first-order chi connectivity index (χ1) is 14.5. The van der Waals surface area contributed by atoms with Crippen molar-refractivity contribution < 1.29 is 14.7 Å². The van der Waals surface area contributed by atoms with Gasteiger partial charge in [0, 0.05) is 56.9 Å². The van der Waals surface area contributed by atoms with E-state index < -0.39 is 12.1 Å². The summed E-state index contributed by atoms with van der Waals surface area (Å²) in [6, 6.07) is 12.2. The van der Waals surface area contributed by atoms with Gasteiger partial charge in [-0.05, 0) is 29.8 Å². The zero-order chi connectivity index (χ0) is 21.3. The van der Waals surface area contributed by atoms with Crippen LogP contribution in [0.3, 0.4) is 0 Å².